The Labute approximate surface area is 90.9 Å². The maximum absolute atomic E-state index is 4.27. The van der Waals surface area contributed by atoms with Crippen LogP contribution in [0.1, 0.15) is 31.4 Å². The molecule has 0 aromatic carbocycles. The third-order valence-corrected chi connectivity index (χ3v) is 4.31. The molecule has 2 bridgehead atoms. The molecule has 1 N–H and O–H groups in total. The van der Waals surface area contributed by atoms with Crippen molar-refractivity contribution < 1.29 is 0 Å². The minimum atomic E-state index is 0.714. The zero-order valence-electron chi connectivity index (χ0n) is 9.53. The number of aryl methyl sites for hydroxylation is 1. The predicted molar refractivity (Wildman–Crippen MR) is 60.8 cm³/mol. The number of anilines is 1. The molecule has 1 heterocycles. The van der Waals surface area contributed by atoms with Crippen molar-refractivity contribution in [1.82, 2.24) is 9.78 Å². The summed E-state index contributed by atoms with van der Waals surface area (Å²) in [6.45, 7) is 2.13. The smallest absolute Gasteiger partial charge is 0.0758 e. The SMILES string of the molecule is Cc1c(NC2CC3CCC2C3)cnn1C. The number of aromatic nitrogens is 2. The first-order chi connectivity index (χ1) is 7.24. The monoisotopic (exact) mass is 205 g/mol. The minimum Gasteiger partial charge on any atom is -0.379 e. The summed E-state index contributed by atoms with van der Waals surface area (Å²) in [6, 6.07) is 0.714. The summed E-state index contributed by atoms with van der Waals surface area (Å²) >= 11 is 0. The van der Waals surface area contributed by atoms with Gasteiger partial charge in [0.25, 0.3) is 0 Å². The van der Waals surface area contributed by atoms with E-state index in [4.69, 9.17) is 0 Å². The number of nitrogens with one attached hydrogen (secondary N) is 1. The average Bonchev–Trinajstić information content (AvgIpc) is 2.89. The summed E-state index contributed by atoms with van der Waals surface area (Å²) in [5, 5.41) is 7.95. The normalized spacial score (nSPS) is 33.6. The molecule has 0 spiro atoms. The molecule has 3 nitrogen and oxygen atoms in total. The first-order valence-electron chi connectivity index (χ1n) is 5.99. The molecule has 3 rings (SSSR count). The molecule has 2 saturated carbocycles. The van der Waals surface area contributed by atoms with Crippen molar-refractivity contribution in [3.8, 4) is 0 Å². The lowest BCUT2D eigenvalue weighted by Crippen LogP contribution is -2.26. The lowest BCUT2D eigenvalue weighted by atomic mass is 9.95. The van der Waals surface area contributed by atoms with Gasteiger partial charge in [0.05, 0.1) is 17.6 Å². The van der Waals surface area contributed by atoms with Gasteiger partial charge in [0.1, 0.15) is 0 Å². The van der Waals surface area contributed by atoms with Crippen LogP contribution in [0.25, 0.3) is 0 Å². The third-order valence-electron chi connectivity index (χ3n) is 4.31. The molecule has 3 heteroatoms. The zero-order valence-corrected chi connectivity index (χ0v) is 9.53. The van der Waals surface area contributed by atoms with E-state index in [0.29, 0.717) is 6.04 Å². The maximum atomic E-state index is 4.27. The van der Waals surface area contributed by atoms with E-state index in [0.717, 1.165) is 11.8 Å². The highest BCUT2D eigenvalue weighted by Gasteiger charge is 2.39. The van der Waals surface area contributed by atoms with Crippen LogP contribution in [0.5, 0.6) is 0 Å². The Kier molecular flexibility index (Phi) is 2.01. The zero-order chi connectivity index (χ0) is 10.4. The molecule has 2 aliphatic rings. The van der Waals surface area contributed by atoms with Gasteiger partial charge in [-0.3, -0.25) is 4.68 Å². The van der Waals surface area contributed by atoms with E-state index < -0.39 is 0 Å². The molecule has 1 aromatic heterocycles. The van der Waals surface area contributed by atoms with Crippen molar-refractivity contribution >= 4 is 5.69 Å². The van der Waals surface area contributed by atoms with Crippen molar-refractivity contribution in [2.24, 2.45) is 18.9 Å². The van der Waals surface area contributed by atoms with Gasteiger partial charge in [-0.25, -0.2) is 0 Å². The van der Waals surface area contributed by atoms with E-state index in [9.17, 15) is 0 Å². The Balaban J connectivity index is 1.73. The summed E-state index contributed by atoms with van der Waals surface area (Å²) in [6.07, 6.45) is 7.69. The van der Waals surface area contributed by atoms with Crippen LogP contribution in [0.3, 0.4) is 0 Å². The lowest BCUT2D eigenvalue weighted by molar-refractivity contribution is 0.439. The molecule has 15 heavy (non-hydrogen) atoms. The van der Waals surface area contributed by atoms with Crippen LogP contribution in [0.4, 0.5) is 5.69 Å². The number of hydrogen-bond donors (Lipinski definition) is 1. The standard InChI is InChI=1S/C12H19N3/c1-8-12(7-13-15(8)2)14-11-6-9-3-4-10(11)5-9/h7,9-11,14H,3-6H2,1-2H3. The van der Waals surface area contributed by atoms with Gasteiger partial charge >= 0.3 is 0 Å². The Bertz CT molecular complexity index is 369. The first kappa shape index (κ1) is 9.25. The van der Waals surface area contributed by atoms with Gasteiger partial charge in [-0.2, -0.15) is 5.10 Å². The highest BCUT2D eigenvalue weighted by Crippen LogP contribution is 2.45. The number of fused-ring (bicyclic) bond motifs is 2. The van der Waals surface area contributed by atoms with Crippen LogP contribution in [-0.2, 0) is 7.05 Å². The topological polar surface area (TPSA) is 29.9 Å². The van der Waals surface area contributed by atoms with Gasteiger partial charge in [0, 0.05) is 13.1 Å². The van der Waals surface area contributed by atoms with Crippen molar-refractivity contribution in [2.75, 3.05) is 5.32 Å². The van der Waals surface area contributed by atoms with E-state index in [1.807, 2.05) is 17.9 Å². The van der Waals surface area contributed by atoms with Gasteiger partial charge in [-0.05, 0) is 38.0 Å². The largest absolute Gasteiger partial charge is 0.379 e. The van der Waals surface area contributed by atoms with Crippen LogP contribution in [0.2, 0.25) is 0 Å². The molecule has 82 valence electrons. The number of hydrogen-bond acceptors (Lipinski definition) is 2. The van der Waals surface area contributed by atoms with Crippen LogP contribution in [0.15, 0.2) is 6.20 Å². The highest BCUT2D eigenvalue weighted by molar-refractivity contribution is 5.47. The molecular weight excluding hydrogens is 186 g/mol. The summed E-state index contributed by atoms with van der Waals surface area (Å²) in [5.74, 6) is 1.93. The second-order valence-electron chi connectivity index (χ2n) is 5.19. The molecule has 2 aliphatic carbocycles. The van der Waals surface area contributed by atoms with Gasteiger partial charge in [0.15, 0.2) is 0 Å². The van der Waals surface area contributed by atoms with Crippen molar-refractivity contribution in [2.45, 2.75) is 38.6 Å². The maximum Gasteiger partial charge on any atom is 0.0758 e. The predicted octanol–water partition coefficient (Wildman–Crippen LogP) is 2.33. The van der Waals surface area contributed by atoms with E-state index in [1.165, 1.54) is 37.1 Å². The molecule has 3 unspecified atom stereocenters. The van der Waals surface area contributed by atoms with Crippen LogP contribution in [-0.4, -0.2) is 15.8 Å². The second-order valence-corrected chi connectivity index (χ2v) is 5.19. The summed E-state index contributed by atoms with van der Waals surface area (Å²) < 4.78 is 1.94. The third kappa shape index (κ3) is 1.45. The van der Waals surface area contributed by atoms with Crippen molar-refractivity contribution in [3.63, 3.8) is 0 Å². The highest BCUT2D eigenvalue weighted by atomic mass is 15.3. The fourth-order valence-corrected chi connectivity index (χ4v) is 3.26. The van der Waals surface area contributed by atoms with Gasteiger partial charge in [-0.15, -0.1) is 0 Å². The number of nitrogens with zero attached hydrogens (tertiary/aromatic N) is 2. The van der Waals surface area contributed by atoms with Crippen molar-refractivity contribution in [1.29, 1.82) is 0 Å². The molecule has 2 fully saturated rings. The Morgan fingerprint density at radius 3 is 2.80 bits per heavy atom. The van der Waals surface area contributed by atoms with Crippen LogP contribution < -0.4 is 5.32 Å². The molecule has 3 atom stereocenters. The van der Waals surface area contributed by atoms with Crippen molar-refractivity contribution in [3.05, 3.63) is 11.9 Å². The second kappa shape index (κ2) is 3.26. The fraction of sp³-hybridized carbons (Fsp3) is 0.750. The van der Waals surface area contributed by atoms with E-state index in [-0.39, 0.29) is 0 Å². The fourth-order valence-electron chi connectivity index (χ4n) is 3.26. The Hall–Kier alpha value is -0.990. The molecule has 0 aliphatic heterocycles. The molecule has 0 radical (unpaired) electrons. The molecular formula is C12H19N3. The van der Waals surface area contributed by atoms with E-state index >= 15 is 0 Å². The summed E-state index contributed by atoms with van der Waals surface area (Å²) in [5.41, 5.74) is 2.48. The quantitative estimate of drug-likeness (QED) is 0.803. The van der Waals surface area contributed by atoms with E-state index in [1.54, 1.807) is 0 Å². The lowest BCUT2D eigenvalue weighted by Gasteiger charge is -2.23. The van der Waals surface area contributed by atoms with Gasteiger partial charge in [0.2, 0.25) is 0 Å². The summed E-state index contributed by atoms with van der Waals surface area (Å²) in [7, 11) is 2.00. The minimum absolute atomic E-state index is 0.714. The molecule has 0 amide bonds. The van der Waals surface area contributed by atoms with E-state index in [2.05, 4.69) is 17.3 Å². The molecule has 0 saturated heterocycles. The first-order valence-corrected chi connectivity index (χ1v) is 5.99. The molecule has 1 aromatic rings. The Morgan fingerprint density at radius 1 is 1.40 bits per heavy atom. The average molecular weight is 205 g/mol. The summed E-state index contributed by atoms with van der Waals surface area (Å²) in [4.78, 5) is 0. The number of rotatable bonds is 2. The van der Waals surface area contributed by atoms with Crippen LogP contribution >= 0.6 is 0 Å². The van der Waals surface area contributed by atoms with Gasteiger partial charge in [-0.1, -0.05) is 6.42 Å². The van der Waals surface area contributed by atoms with Crippen LogP contribution in [0, 0.1) is 18.8 Å². The Morgan fingerprint density at radius 2 is 2.27 bits per heavy atom. The van der Waals surface area contributed by atoms with Gasteiger partial charge < -0.3 is 5.32 Å².